The van der Waals surface area contributed by atoms with Gasteiger partial charge >= 0.3 is 0 Å². The van der Waals surface area contributed by atoms with Gasteiger partial charge in [-0.3, -0.25) is 13.9 Å². The van der Waals surface area contributed by atoms with Crippen molar-refractivity contribution in [1.82, 2.24) is 10.2 Å². The smallest absolute Gasteiger partial charge is 0.264 e. The predicted molar refractivity (Wildman–Crippen MR) is 161 cm³/mol. The summed E-state index contributed by atoms with van der Waals surface area (Å²) in [6, 6.07) is 18.9. The normalized spacial score (nSPS) is 12.2. The summed E-state index contributed by atoms with van der Waals surface area (Å²) in [5.74, 6) is -0.579. The first-order valence-corrected chi connectivity index (χ1v) is 15.3. The van der Waals surface area contributed by atoms with Gasteiger partial charge in [-0.25, -0.2) is 8.42 Å². The molecular weight excluding hydrogens is 569 g/mol. The number of amides is 2. The average Bonchev–Trinajstić information content (AvgIpc) is 2.91. The van der Waals surface area contributed by atoms with E-state index in [-0.39, 0.29) is 23.3 Å². The molecule has 10 heteroatoms. The fourth-order valence-electron chi connectivity index (χ4n) is 4.17. The van der Waals surface area contributed by atoms with Crippen molar-refractivity contribution in [2.45, 2.75) is 51.6 Å². The standard InChI is InChI=1S/C30H35Cl2N3O4S/c1-5-28(30(37)33-18-21(2)3)34(19-23-9-11-24(31)12-10-23)29(36)20-35(26-8-6-7-22(4)17-26)40(38,39)27-15-13-25(32)14-16-27/h6-17,21,28H,5,18-20H2,1-4H3,(H,33,37)/t28-/m1/s1. The number of anilines is 1. The van der Waals surface area contributed by atoms with Gasteiger partial charge in [0.2, 0.25) is 11.8 Å². The van der Waals surface area contributed by atoms with E-state index in [4.69, 9.17) is 23.2 Å². The Kier molecular flexibility index (Phi) is 11.0. The number of nitrogens with zero attached hydrogens (tertiary/aromatic N) is 2. The molecule has 2 amide bonds. The Bertz CT molecular complexity index is 1410. The second kappa shape index (κ2) is 14.0. The van der Waals surface area contributed by atoms with Crippen LogP contribution < -0.4 is 9.62 Å². The van der Waals surface area contributed by atoms with Crippen LogP contribution >= 0.6 is 23.2 Å². The lowest BCUT2D eigenvalue weighted by Crippen LogP contribution is -2.52. The van der Waals surface area contributed by atoms with Crippen LogP contribution in [0.5, 0.6) is 0 Å². The molecule has 0 aliphatic carbocycles. The van der Waals surface area contributed by atoms with Gasteiger partial charge in [0.15, 0.2) is 0 Å². The predicted octanol–water partition coefficient (Wildman–Crippen LogP) is 6.08. The molecule has 214 valence electrons. The van der Waals surface area contributed by atoms with Gasteiger partial charge in [-0.1, -0.05) is 68.2 Å². The Balaban J connectivity index is 2.04. The quantitative estimate of drug-likeness (QED) is 0.272. The maximum atomic E-state index is 14.1. The molecule has 0 saturated heterocycles. The van der Waals surface area contributed by atoms with E-state index >= 15 is 0 Å². The van der Waals surface area contributed by atoms with Gasteiger partial charge in [0, 0.05) is 23.1 Å². The minimum atomic E-state index is -4.16. The molecule has 7 nitrogen and oxygen atoms in total. The minimum Gasteiger partial charge on any atom is -0.354 e. The van der Waals surface area contributed by atoms with Crippen molar-refractivity contribution < 1.29 is 18.0 Å². The topological polar surface area (TPSA) is 86.8 Å². The third kappa shape index (κ3) is 8.22. The summed E-state index contributed by atoms with van der Waals surface area (Å²) < 4.78 is 28.8. The van der Waals surface area contributed by atoms with Gasteiger partial charge in [-0.05, 0) is 78.9 Å². The summed E-state index contributed by atoms with van der Waals surface area (Å²) >= 11 is 12.1. The Labute approximate surface area is 247 Å². The lowest BCUT2D eigenvalue weighted by Gasteiger charge is -2.33. The van der Waals surface area contributed by atoms with Crippen LogP contribution in [0.2, 0.25) is 10.0 Å². The SMILES string of the molecule is CC[C@H](C(=O)NCC(C)C)N(Cc1ccc(Cl)cc1)C(=O)CN(c1cccc(C)c1)S(=O)(=O)c1ccc(Cl)cc1. The van der Waals surface area contributed by atoms with Crippen LogP contribution in [-0.4, -0.2) is 44.3 Å². The van der Waals surface area contributed by atoms with Crippen molar-refractivity contribution in [3.8, 4) is 0 Å². The number of hydrogen-bond acceptors (Lipinski definition) is 4. The van der Waals surface area contributed by atoms with E-state index in [1.54, 1.807) is 42.5 Å². The average molecular weight is 605 g/mol. The number of rotatable bonds is 12. The van der Waals surface area contributed by atoms with Gasteiger partial charge in [0.05, 0.1) is 10.6 Å². The molecule has 1 atom stereocenters. The van der Waals surface area contributed by atoms with Crippen LogP contribution in [-0.2, 0) is 26.2 Å². The van der Waals surface area contributed by atoms with Crippen molar-refractivity contribution in [3.63, 3.8) is 0 Å². The third-order valence-electron chi connectivity index (χ3n) is 6.31. The van der Waals surface area contributed by atoms with Gasteiger partial charge in [0.1, 0.15) is 12.6 Å². The van der Waals surface area contributed by atoms with E-state index in [1.165, 1.54) is 29.2 Å². The lowest BCUT2D eigenvalue weighted by molar-refractivity contribution is -0.140. The summed E-state index contributed by atoms with van der Waals surface area (Å²) in [6.45, 7) is 7.70. The van der Waals surface area contributed by atoms with E-state index in [0.717, 1.165) is 15.4 Å². The zero-order valence-electron chi connectivity index (χ0n) is 23.1. The van der Waals surface area contributed by atoms with Gasteiger partial charge in [-0.2, -0.15) is 0 Å². The largest absolute Gasteiger partial charge is 0.354 e. The maximum absolute atomic E-state index is 14.1. The van der Waals surface area contributed by atoms with Gasteiger partial charge in [0.25, 0.3) is 10.0 Å². The molecule has 1 N–H and O–H groups in total. The Morgan fingerprint density at radius 1 is 0.925 bits per heavy atom. The van der Waals surface area contributed by atoms with Crippen molar-refractivity contribution in [1.29, 1.82) is 0 Å². The lowest BCUT2D eigenvalue weighted by atomic mass is 10.1. The molecule has 0 radical (unpaired) electrons. The van der Waals surface area contributed by atoms with Crippen LogP contribution in [0.4, 0.5) is 5.69 Å². The Morgan fingerprint density at radius 3 is 2.08 bits per heavy atom. The van der Waals surface area contributed by atoms with Gasteiger partial charge in [-0.15, -0.1) is 0 Å². The second-order valence-electron chi connectivity index (χ2n) is 10.0. The number of sulfonamides is 1. The molecule has 0 spiro atoms. The number of carbonyl (C=O) groups is 2. The number of benzene rings is 3. The van der Waals surface area contributed by atoms with E-state index in [2.05, 4.69) is 5.32 Å². The van der Waals surface area contributed by atoms with Gasteiger partial charge < -0.3 is 10.2 Å². The molecule has 40 heavy (non-hydrogen) atoms. The summed E-state index contributed by atoms with van der Waals surface area (Å²) in [7, 11) is -4.16. The summed E-state index contributed by atoms with van der Waals surface area (Å²) in [6.07, 6.45) is 0.345. The van der Waals surface area contributed by atoms with Crippen molar-refractivity contribution in [2.75, 3.05) is 17.4 Å². The highest BCUT2D eigenvalue weighted by Crippen LogP contribution is 2.26. The summed E-state index contributed by atoms with van der Waals surface area (Å²) in [4.78, 5) is 28.7. The van der Waals surface area contributed by atoms with Crippen molar-refractivity contribution in [2.24, 2.45) is 5.92 Å². The van der Waals surface area contributed by atoms with Crippen molar-refractivity contribution in [3.05, 3.63) is 94.0 Å². The molecule has 0 saturated carbocycles. The fraction of sp³-hybridized carbons (Fsp3) is 0.333. The van der Waals surface area contributed by atoms with Crippen LogP contribution in [0, 0.1) is 12.8 Å². The van der Waals surface area contributed by atoms with E-state index in [0.29, 0.717) is 28.7 Å². The number of carbonyl (C=O) groups excluding carboxylic acids is 2. The Hall–Kier alpha value is -3.07. The number of nitrogens with one attached hydrogen (secondary N) is 1. The molecule has 3 aromatic rings. The molecule has 0 bridgehead atoms. The second-order valence-corrected chi connectivity index (χ2v) is 12.8. The molecule has 0 unspecified atom stereocenters. The summed E-state index contributed by atoms with van der Waals surface area (Å²) in [5, 5.41) is 3.86. The summed E-state index contributed by atoms with van der Waals surface area (Å²) in [5.41, 5.74) is 1.93. The maximum Gasteiger partial charge on any atom is 0.264 e. The van der Waals surface area contributed by atoms with Crippen LogP contribution in [0.3, 0.4) is 0 Å². The fourth-order valence-corrected chi connectivity index (χ4v) is 5.83. The molecule has 0 aliphatic rings. The molecule has 0 aliphatic heterocycles. The number of aryl methyl sites for hydroxylation is 1. The van der Waals surface area contributed by atoms with Crippen LogP contribution in [0.15, 0.2) is 77.7 Å². The first-order chi connectivity index (χ1) is 18.9. The molecule has 0 fully saturated rings. The number of halogens is 2. The highest BCUT2D eigenvalue weighted by Gasteiger charge is 2.33. The number of hydrogen-bond donors (Lipinski definition) is 1. The Morgan fingerprint density at radius 2 is 1.52 bits per heavy atom. The molecule has 3 rings (SSSR count). The van der Waals surface area contributed by atoms with E-state index in [9.17, 15) is 18.0 Å². The zero-order valence-corrected chi connectivity index (χ0v) is 25.4. The van der Waals surface area contributed by atoms with E-state index in [1.807, 2.05) is 33.8 Å². The zero-order chi connectivity index (χ0) is 29.4. The first kappa shape index (κ1) is 31.5. The van der Waals surface area contributed by atoms with Crippen LogP contribution in [0.1, 0.15) is 38.3 Å². The van der Waals surface area contributed by atoms with Crippen molar-refractivity contribution >= 4 is 50.7 Å². The monoisotopic (exact) mass is 603 g/mol. The highest BCUT2D eigenvalue weighted by atomic mass is 35.5. The molecular formula is C30H35Cl2N3O4S. The third-order valence-corrected chi connectivity index (χ3v) is 8.60. The molecule has 3 aromatic carbocycles. The first-order valence-electron chi connectivity index (χ1n) is 13.1. The highest BCUT2D eigenvalue weighted by molar-refractivity contribution is 7.92. The minimum absolute atomic E-state index is 0.00262. The molecule has 0 aromatic heterocycles. The van der Waals surface area contributed by atoms with Crippen LogP contribution in [0.25, 0.3) is 0 Å². The van der Waals surface area contributed by atoms with E-state index < -0.39 is 28.5 Å². The molecule has 0 heterocycles.